The number of rotatable bonds is 3. The molecule has 0 aliphatic carbocycles. The Morgan fingerprint density at radius 1 is 1.59 bits per heavy atom. The molecule has 8 heteroatoms. The number of halogens is 1. The van der Waals surface area contributed by atoms with Crippen LogP contribution < -0.4 is 5.32 Å². The maximum absolute atomic E-state index is 11.9. The molecular weight excluding hydrogens is 244 g/mol. The zero-order chi connectivity index (χ0) is 11.4. The summed E-state index contributed by atoms with van der Waals surface area (Å²) < 4.78 is 1.45. The van der Waals surface area contributed by atoms with Crippen LogP contribution in [0.4, 0.5) is 0 Å². The number of piperidine rings is 1. The van der Waals surface area contributed by atoms with Gasteiger partial charge in [0.25, 0.3) is 0 Å². The molecule has 1 atom stereocenters. The highest BCUT2D eigenvalue weighted by molar-refractivity contribution is 5.85. The van der Waals surface area contributed by atoms with Crippen LogP contribution in [0.5, 0.6) is 0 Å². The van der Waals surface area contributed by atoms with Gasteiger partial charge in [0.1, 0.15) is 12.9 Å². The fraction of sp³-hybridized carbons (Fsp3) is 0.778. The van der Waals surface area contributed by atoms with Gasteiger partial charge in [-0.05, 0) is 30.3 Å². The minimum atomic E-state index is 0. The Balaban J connectivity index is 0.00000144. The molecule has 17 heavy (non-hydrogen) atoms. The molecule has 0 radical (unpaired) electrons. The summed E-state index contributed by atoms with van der Waals surface area (Å²) in [4.78, 5) is 13.8. The van der Waals surface area contributed by atoms with Gasteiger partial charge in [0.15, 0.2) is 0 Å². The summed E-state index contributed by atoms with van der Waals surface area (Å²) in [7, 11) is 1.93. The van der Waals surface area contributed by atoms with Gasteiger partial charge in [0, 0.05) is 19.1 Å². The lowest BCUT2D eigenvalue weighted by atomic mass is 10.1. The molecule has 1 N–H and O–H groups in total. The molecule has 0 bridgehead atoms. The topological polar surface area (TPSA) is 75.9 Å². The molecule has 96 valence electrons. The first-order chi connectivity index (χ1) is 7.79. The molecule has 1 saturated heterocycles. The highest BCUT2D eigenvalue weighted by Crippen LogP contribution is 2.10. The first kappa shape index (κ1) is 13.9. The van der Waals surface area contributed by atoms with Gasteiger partial charge in [-0.15, -0.1) is 17.5 Å². The molecule has 2 heterocycles. The number of nitrogens with one attached hydrogen (secondary N) is 1. The van der Waals surface area contributed by atoms with Crippen molar-refractivity contribution in [2.45, 2.75) is 25.4 Å². The third-order valence-electron chi connectivity index (χ3n) is 2.87. The maximum Gasteiger partial charge on any atom is 0.244 e. The monoisotopic (exact) mass is 260 g/mol. The molecular formula is C9H17ClN6O. The first-order valence-electron chi connectivity index (χ1n) is 5.45. The van der Waals surface area contributed by atoms with Crippen molar-refractivity contribution in [3.63, 3.8) is 0 Å². The molecule has 0 saturated carbocycles. The average molecular weight is 261 g/mol. The third-order valence-corrected chi connectivity index (χ3v) is 2.87. The van der Waals surface area contributed by atoms with E-state index in [0.29, 0.717) is 6.04 Å². The summed E-state index contributed by atoms with van der Waals surface area (Å²) in [5.41, 5.74) is 0. The zero-order valence-electron chi connectivity index (χ0n) is 9.74. The van der Waals surface area contributed by atoms with Crippen molar-refractivity contribution in [3.05, 3.63) is 6.33 Å². The molecule has 7 nitrogen and oxygen atoms in total. The average Bonchev–Trinajstić information content (AvgIpc) is 2.82. The second-order valence-corrected chi connectivity index (χ2v) is 3.97. The van der Waals surface area contributed by atoms with Crippen LogP contribution in [0, 0.1) is 0 Å². The molecule has 1 fully saturated rings. The molecule has 0 spiro atoms. The third kappa shape index (κ3) is 3.64. The van der Waals surface area contributed by atoms with Crippen molar-refractivity contribution in [1.29, 1.82) is 0 Å². The second kappa shape index (κ2) is 6.51. The minimum absolute atomic E-state index is 0. The second-order valence-electron chi connectivity index (χ2n) is 3.97. The van der Waals surface area contributed by atoms with Gasteiger partial charge in [-0.25, -0.2) is 4.68 Å². The fourth-order valence-electron chi connectivity index (χ4n) is 1.93. The van der Waals surface area contributed by atoms with E-state index in [1.165, 1.54) is 11.0 Å². The van der Waals surface area contributed by atoms with E-state index in [2.05, 4.69) is 20.8 Å². The summed E-state index contributed by atoms with van der Waals surface area (Å²) in [6.45, 7) is 1.83. The lowest BCUT2D eigenvalue weighted by Crippen LogP contribution is -2.47. The molecule has 1 aliphatic heterocycles. The quantitative estimate of drug-likeness (QED) is 0.778. The molecule has 1 unspecified atom stereocenters. The normalized spacial score (nSPS) is 19.8. The number of nitrogens with zero attached hydrogens (tertiary/aromatic N) is 5. The first-order valence-corrected chi connectivity index (χ1v) is 5.45. The van der Waals surface area contributed by atoms with Crippen molar-refractivity contribution in [2.75, 3.05) is 20.1 Å². The van der Waals surface area contributed by atoms with Crippen LogP contribution in [0.1, 0.15) is 12.8 Å². The summed E-state index contributed by atoms with van der Waals surface area (Å²) in [6, 6.07) is 0.409. The van der Waals surface area contributed by atoms with Crippen LogP contribution in [0.15, 0.2) is 6.33 Å². The van der Waals surface area contributed by atoms with E-state index in [-0.39, 0.29) is 24.9 Å². The number of likely N-dealkylation sites (N-methyl/N-ethyl adjacent to an activating group) is 1. The summed E-state index contributed by atoms with van der Waals surface area (Å²) >= 11 is 0. The van der Waals surface area contributed by atoms with Crippen LogP contribution in [0.3, 0.4) is 0 Å². The Morgan fingerprint density at radius 2 is 2.41 bits per heavy atom. The fourth-order valence-corrected chi connectivity index (χ4v) is 1.93. The van der Waals surface area contributed by atoms with E-state index >= 15 is 0 Å². The highest BCUT2D eigenvalue weighted by Gasteiger charge is 2.22. The smallest absolute Gasteiger partial charge is 0.244 e. The Morgan fingerprint density at radius 3 is 3.06 bits per heavy atom. The van der Waals surface area contributed by atoms with Crippen molar-refractivity contribution < 1.29 is 4.79 Å². The van der Waals surface area contributed by atoms with Crippen LogP contribution >= 0.6 is 12.4 Å². The largest absolute Gasteiger partial charge is 0.340 e. The number of carbonyl (C=O) groups is 1. The van der Waals surface area contributed by atoms with Crippen LogP contribution in [0.2, 0.25) is 0 Å². The van der Waals surface area contributed by atoms with Gasteiger partial charge in [0.05, 0.1) is 0 Å². The molecule has 1 aliphatic rings. The lowest BCUT2D eigenvalue weighted by Gasteiger charge is -2.32. The number of hydrogen-bond donors (Lipinski definition) is 1. The summed E-state index contributed by atoms with van der Waals surface area (Å²) in [6.07, 6.45) is 3.63. The maximum atomic E-state index is 11.9. The zero-order valence-corrected chi connectivity index (χ0v) is 10.6. The van der Waals surface area contributed by atoms with Crippen molar-refractivity contribution in [3.8, 4) is 0 Å². The number of carbonyl (C=O) groups excluding carboxylic acids is 1. The highest BCUT2D eigenvalue weighted by atomic mass is 35.5. The van der Waals surface area contributed by atoms with Gasteiger partial charge < -0.3 is 10.2 Å². The molecule has 1 aromatic heterocycles. The summed E-state index contributed by atoms with van der Waals surface area (Å²) in [5.74, 6) is 0.0762. The van der Waals surface area contributed by atoms with Crippen molar-refractivity contribution >= 4 is 18.3 Å². The van der Waals surface area contributed by atoms with Gasteiger partial charge in [-0.2, -0.15) is 0 Å². The number of aromatic nitrogens is 4. The Kier molecular flexibility index (Phi) is 5.30. The molecule has 0 aromatic carbocycles. The van der Waals surface area contributed by atoms with Gasteiger partial charge in [-0.1, -0.05) is 0 Å². The molecule has 1 aromatic rings. The predicted octanol–water partition coefficient (Wildman–Crippen LogP) is -0.695. The Bertz CT molecular complexity index is 343. The Labute approximate surface area is 106 Å². The van der Waals surface area contributed by atoms with Crippen LogP contribution in [0.25, 0.3) is 0 Å². The lowest BCUT2D eigenvalue weighted by molar-refractivity contribution is -0.133. The van der Waals surface area contributed by atoms with E-state index in [1.807, 2.05) is 11.9 Å². The standard InChI is InChI=1S/C9H16N6O.ClH/c1-10-8-3-2-4-14(5-8)9(16)6-15-7-11-12-13-15;/h7-8,10H,2-6H2,1H3;1H. The molecule has 2 rings (SSSR count). The van der Waals surface area contributed by atoms with Gasteiger partial charge in [-0.3, -0.25) is 4.79 Å². The van der Waals surface area contributed by atoms with Gasteiger partial charge in [0.2, 0.25) is 5.91 Å². The van der Waals surface area contributed by atoms with Crippen molar-refractivity contribution in [1.82, 2.24) is 30.4 Å². The SMILES string of the molecule is CNC1CCCN(C(=O)Cn2cnnn2)C1.Cl. The van der Waals surface area contributed by atoms with Crippen molar-refractivity contribution in [2.24, 2.45) is 0 Å². The van der Waals surface area contributed by atoms with Crippen LogP contribution in [-0.4, -0.2) is 57.2 Å². The van der Waals surface area contributed by atoms with E-state index in [1.54, 1.807) is 0 Å². The number of likely N-dealkylation sites (tertiary alicyclic amines) is 1. The van der Waals surface area contributed by atoms with Gasteiger partial charge >= 0.3 is 0 Å². The minimum Gasteiger partial charge on any atom is -0.340 e. The molecule has 1 amide bonds. The number of hydrogen-bond acceptors (Lipinski definition) is 5. The number of tetrazole rings is 1. The van der Waals surface area contributed by atoms with E-state index in [4.69, 9.17) is 0 Å². The number of amides is 1. The Hall–Kier alpha value is -1.21. The van der Waals surface area contributed by atoms with E-state index in [0.717, 1.165) is 25.9 Å². The van der Waals surface area contributed by atoms with E-state index < -0.39 is 0 Å². The van der Waals surface area contributed by atoms with E-state index in [9.17, 15) is 4.79 Å². The summed E-state index contributed by atoms with van der Waals surface area (Å²) in [5, 5.41) is 13.9. The predicted molar refractivity (Wildman–Crippen MR) is 63.7 cm³/mol. The van der Waals surface area contributed by atoms with Crippen LogP contribution in [-0.2, 0) is 11.3 Å².